The van der Waals surface area contributed by atoms with Gasteiger partial charge in [0.25, 0.3) is 5.91 Å². The van der Waals surface area contributed by atoms with Gasteiger partial charge in [-0.3, -0.25) is 4.79 Å². The molecule has 3 nitrogen and oxygen atoms in total. The van der Waals surface area contributed by atoms with Crippen LogP contribution in [0.25, 0.3) is 0 Å². The van der Waals surface area contributed by atoms with Gasteiger partial charge < -0.3 is 10.2 Å². The Morgan fingerprint density at radius 2 is 2.26 bits per heavy atom. The second-order valence-electron chi connectivity index (χ2n) is 5.61. The molecular weight excluding hydrogens is 304 g/mol. The average Bonchev–Trinajstić information content (AvgIpc) is 2.85. The Morgan fingerprint density at radius 3 is 3.05 bits per heavy atom. The molecule has 0 aromatic heterocycles. The lowest BCUT2D eigenvalue weighted by molar-refractivity contribution is 0.0784. The first-order valence-electron chi connectivity index (χ1n) is 6.94. The Kier molecular flexibility index (Phi) is 3.63. The first-order chi connectivity index (χ1) is 9.16. The molecule has 0 saturated carbocycles. The zero-order chi connectivity index (χ0) is 13.4. The van der Waals surface area contributed by atoms with Crippen LogP contribution in [0.15, 0.2) is 22.7 Å². The lowest BCUT2D eigenvalue weighted by atomic mass is 9.94. The number of halogens is 1. The molecule has 4 heteroatoms. The normalized spacial score (nSPS) is 26.3. The molecule has 2 fully saturated rings. The number of amides is 1. The number of fused-ring (bicyclic) bond motifs is 1. The van der Waals surface area contributed by atoms with Gasteiger partial charge >= 0.3 is 0 Å². The number of nitrogens with one attached hydrogen (secondary N) is 1. The minimum atomic E-state index is 0.159. The smallest absolute Gasteiger partial charge is 0.255 e. The summed E-state index contributed by atoms with van der Waals surface area (Å²) in [5.41, 5.74) is 1.90. The molecular formula is C15H19BrN2O. The molecule has 0 radical (unpaired) electrons. The Balaban J connectivity index is 1.79. The fraction of sp³-hybridized carbons (Fsp3) is 0.533. The number of hydrogen-bond acceptors (Lipinski definition) is 2. The van der Waals surface area contributed by atoms with Crippen molar-refractivity contribution in [3.63, 3.8) is 0 Å². The van der Waals surface area contributed by atoms with Crippen LogP contribution in [0.3, 0.4) is 0 Å². The Morgan fingerprint density at radius 1 is 1.42 bits per heavy atom. The summed E-state index contributed by atoms with van der Waals surface area (Å²) in [5.74, 6) is 0.799. The molecule has 2 aliphatic rings. The summed E-state index contributed by atoms with van der Waals surface area (Å²) in [6.07, 6.45) is 2.48. The molecule has 0 aliphatic carbocycles. The molecule has 2 unspecified atom stereocenters. The van der Waals surface area contributed by atoms with Crippen LogP contribution >= 0.6 is 15.9 Å². The molecule has 1 N–H and O–H groups in total. The molecule has 19 heavy (non-hydrogen) atoms. The van der Waals surface area contributed by atoms with E-state index in [2.05, 4.69) is 21.2 Å². The number of aryl methyl sites for hydroxylation is 1. The number of likely N-dealkylation sites (tertiary alicyclic amines) is 1. The van der Waals surface area contributed by atoms with Crippen molar-refractivity contribution in [2.45, 2.75) is 25.8 Å². The first kappa shape index (κ1) is 13.1. The highest BCUT2D eigenvalue weighted by atomic mass is 79.9. The summed E-state index contributed by atoms with van der Waals surface area (Å²) in [5, 5.41) is 3.54. The van der Waals surface area contributed by atoms with E-state index in [-0.39, 0.29) is 5.91 Å². The van der Waals surface area contributed by atoms with Gasteiger partial charge in [0.15, 0.2) is 0 Å². The van der Waals surface area contributed by atoms with Crippen LogP contribution in [0.5, 0.6) is 0 Å². The zero-order valence-corrected chi connectivity index (χ0v) is 12.7. The van der Waals surface area contributed by atoms with Crippen LogP contribution in [0.1, 0.15) is 28.8 Å². The third-order valence-corrected chi connectivity index (χ3v) is 5.36. The highest BCUT2D eigenvalue weighted by molar-refractivity contribution is 9.10. The SMILES string of the molecule is Cc1cccc(C(=O)N2CC3CCCNC3C2)c1Br. The molecule has 1 aromatic carbocycles. The molecule has 1 amide bonds. The molecule has 102 valence electrons. The zero-order valence-electron chi connectivity index (χ0n) is 11.2. The highest BCUT2D eigenvalue weighted by Crippen LogP contribution is 2.28. The van der Waals surface area contributed by atoms with E-state index >= 15 is 0 Å². The quantitative estimate of drug-likeness (QED) is 0.862. The van der Waals surface area contributed by atoms with Crippen molar-refractivity contribution in [2.24, 2.45) is 5.92 Å². The topological polar surface area (TPSA) is 32.3 Å². The molecule has 3 rings (SSSR count). The molecule has 2 aliphatic heterocycles. The number of piperidine rings is 1. The van der Waals surface area contributed by atoms with E-state index in [1.165, 1.54) is 12.8 Å². The van der Waals surface area contributed by atoms with Crippen molar-refractivity contribution in [1.29, 1.82) is 0 Å². The summed E-state index contributed by atoms with van der Waals surface area (Å²) < 4.78 is 0.933. The van der Waals surface area contributed by atoms with E-state index < -0.39 is 0 Å². The maximum absolute atomic E-state index is 12.6. The van der Waals surface area contributed by atoms with Crippen LogP contribution in [0, 0.1) is 12.8 Å². The van der Waals surface area contributed by atoms with Gasteiger partial charge in [-0.1, -0.05) is 12.1 Å². The van der Waals surface area contributed by atoms with Gasteiger partial charge in [-0.25, -0.2) is 0 Å². The number of hydrogen-bond donors (Lipinski definition) is 1. The van der Waals surface area contributed by atoms with Crippen molar-refractivity contribution in [2.75, 3.05) is 19.6 Å². The van der Waals surface area contributed by atoms with E-state index in [1.807, 2.05) is 30.0 Å². The maximum atomic E-state index is 12.6. The Bertz CT molecular complexity index is 489. The predicted molar refractivity (Wildman–Crippen MR) is 79.3 cm³/mol. The van der Waals surface area contributed by atoms with Crippen LogP contribution in [0.2, 0.25) is 0 Å². The van der Waals surface area contributed by atoms with Crippen LogP contribution in [-0.4, -0.2) is 36.5 Å². The maximum Gasteiger partial charge on any atom is 0.255 e. The van der Waals surface area contributed by atoms with Crippen LogP contribution in [0.4, 0.5) is 0 Å². The minimum Gasteiger partial charge on any atom is -0.337 e. The fourth-order valence-corrected chi connectivity index (χ4v) is 3.63. The van der Waals surface area contributed by atoms with Gasteiger partial charge in [0, 0.05) is 23.6 Å². The van der Waals surface area contributed by atoms with Crippen molar-refractivity contribution in [3.8, 4) is 0 Å². The summed E-state index contributed by atoms with van der Waals surface area (Å²) in [6, 6.07) is 6.39. The van der Waals surface area contributed by atoms with Gasteiger partial charge in [0.2, 0.25) is 0 Å². The Hall–Kier alpha value is -0.870. The molecule has 2 heterocycles. The van der Waals surface area contributed by atoms with E-state index in [0.717, 1.165) is 35.2 Å². The molecule has 0 bridgehead atoms. The van der Waals surface area contributed by atoms with E-state index in [4.69, 9.17) is 0 Å². The van der Waals surface area contributed by atoms with E-state index in [1.54, 1.807) is 0 Å². The average molecular weight is 323 g/mol. The van der Waals surface area contributed by atoms with Crippen LogP contribution < -0.4 is 5.32 Å². The van der Waals surface area contributed by atoms with Gasteiger partial charge in [0.05, 0.1) is 5.56 Å². The third kappa shape index (κ3) is 2.43. The number of carbonyl (C=O) groups excluding carboxylic acids is 1. The highest BCUT2D eigenvalue weighted by Gasteiger charge is 2.36. The van der Waals surface area contributed by atoms with Crippen molar-refractivity contribution < 1.29 is 4.79 Å². The largest absolute Gasteiger partial charge is 0.337 e. The van der Waals surface area contributed by atoms with E-state index in [0.29, 0.717) is 12.0 Å². The standard InChI is InChI=1S/C15H19BrN2O/c1-10-4-2-6-12(14(10)16)15(19)18-8-11-5-3-7-17-13(11)9-18/h2,4,6,11,13,17H,3,5,7-9H2,1H3. The van der Waals surface area contributed by atoms with Gasteiger partial charge in [-0.05, 0) is 59.8 Å². The first-order valence-corrected chi connectivity index (χ1v) is 7.74. The third-order valence-electron chi connectivity index (χ3n) is 4.31. The molecule has 2 atom stereocenters. The number of carbonyl (C=O) groups is 1. The van der Waals surface area contributed by atoms with E-state index in [9.17, 15) is 4.79 Å². The predicted octanol–water partition coefficient (Wildman–Crippen LogP) is 2.58. The molecule has 1 aromatic rings. The molecule has 0 spiro atoms. The second-order valence-corrected chi connectivity index (χ2v) is 6.40. The number of rotatable bonds is 1. The van der Waals surface area contributed by atoms with Gasteiger partial charge in [-0.15, -0.1) is 0 Å². The van der Waals surface area contributed by atoms with Crippen molar-refractivity contribution in [3.05, 3.63) is 33.8 Å². The second kappa shape index (κ2) is 5.25. The van der Waals surface area contributed by atoms with Crippen molar-refractivity contribution >= 4 is 21.8 Å². The fourth-order valence-electron chi connectivity index (χ4n) is 3.20. The lowest BCUT2D eigenvalue weighted by Crippen LogP contribution is -2.41. The summed E-state index contributed by atoms with van der Waals surface area (Å²) in [7, 11) is 0. The monoisotopic (exact) mass is 322 g/mol. The Labute approximate surface area is 122 Å². The summed E-state index contributed by atoms with van der Waals surface area (Å²) in [4.78, 5) is 14.6. The van der Waals surface area contributed by atoms with Crippen LogP contribution in [-0.2, 0) is 0 Å². The number of benzene rings is 1. The van der Waals surface area contributed by atoms with Gasteiger partial charge in [-0.2, -0.15) is 0 Å². The minimum absolute atomic E-state index is 0.159. The summed E-state index contributed by atoms with van der Waals surface area (Å²) in [6.45, 7) is 4.87. The van der Waals surface area contributed by atoms with Crippen molar-refractivity contribution in [1.82, 2.24) is 10.2 Å². The van der Waals surface area contributed by atoms with Gasteiger partial charge in [0.1, 0.15) is 0 Å². The lowest BCUT2D eigenvalue weighted by Gasteiger charge is -2.24. The summed E-state index contributed by atoms with van der Waals surface area (Å²) >= 11 is 3.54. The number of nitrogens with zero attached hydrogens (tertiary/aromatic N) is 1. The molecule has 2 saturated heterocycles.